The number of aromatic amines is 1. The second-order valence-corrected chi connectivity index (χ2v) is 10.5. The van der Waals surface area contributed by atoms with Crippen molar-refractivity contribution in [3.63, 3.8) is 0 Å². The van der Waals surface area contributed by atoms with Crippen molar-refractivity contribution in [3.05, 3.63) is 95.1 Å². The molecule has 0 aliphatic carbocycles. The van der Waals surface area contributed by atoms with Crippen LogP contribution < -0.4 is 10.6 Å². The van der Waals surface area contributed by atoms with Gasteiger partial charge in [0, 0.05) is 28.6 Å². The van der Waals surface area contributed by atoms with Crippen molar-refractivity contribution in [3.8, 4) is 0 Å². The number of rotatable bonds is 7. The van der Waals surface area contributed by atoms with E-state index in [0.29, 0.717) is 24.2 Å². The minimum Gasteiger partial charge on any atom is -0.467 e. The van der Waals surface area contributed by atoms with Crippen LogP contribution in [0.2, 0.25) is 0 Å². The highest BCUT2D eigenvalue weighted by Crippen LogP contribution is 2.46. The average Bonchev–Trinajstić information content (AvgIpc) is 3.63. The number of aromatic nitrogens is 1. The Hall–Kier alpha value is -4.33. The van der Waals surface area contributed by atoms with Crippen LogP contribution in [0.1, 0.15) is 59.2 Å². The van der Waals surface area contributed by atoms with Crippen LogP contribution in [-0.2, 0) is 22.6 Å². The van der Waals surface area contributed by atoms with Crippen molar-refractivity contribution in [1.29, 1.82) is 0 Å². The van der Waals surface area contributed by atoms with Crippen molar-refractivity contribution < 1.29 is 18.8 Å². The Morgan fingerprint density at radius 2 is 1.87 bits per heavy atom. The lowest BCUT2D eigenvalue weighted by Crippen LogP contribution is -2.56. The third-order valence-corrected chi connectivity index (χ3v) is 7.51. The molecule has 0 unspecified atom stereocenters. The highest BCUT2D eigenvalue weighted by molar-refractivity contribution is 6.04. The first-order valence-corrected chi connectivity index (χ1v) is 13.0. The maximum absolute atomic E-state index is 13.9. The maximum atomic E-state index is 13.9. The van der Waals surface area contributed by atoms with Gasteiger partial charge in [0.1, 0.15) is 17.8 Å². The first-order valence-electron chi connectivity index (χ1n) is 13.0. The van der Waals surface area contributed by atoms with Gasteiger partial charge in [-0.25, -0.2) is 0 Å². The van der Waals surface area contributed by atoms with E-state index in [0.717, 1.165) is 27.7 Å². The summed E-state index contributed by atoms with van der Waals surface area (Å²) in [5, 5.41) is 6.91. The second kappa shape index (κ2) is 9.52. The number of carbonyl (C=O) groups is 3. The molecule has 3 atom stereocenters. The topological polar surface area (TPSA) is 107 Å². The molecule has 0 saturated heterocycles. The zero-order valence-electron chi connectivity index (χ0n) is 21.4. The Morgan fingerprint density at radius 1 is 1.08 bits per heavy atom. The number of H-pyrrole nitrogens is 1. The summed E-state index contributed by atoms with van der Waals surface area (Å²) in [5.41, 5.74) is 4.46. The molecule has 0 bridgehead atoms. The molecule has 3 N–H and O–H groups in total. The number of nitrogens with one attached hydrogen (secondary N) is 3. The van der Waals surface area contributed by atoms with Gasteiger partial charge in [-0.2, -0.15) is 0 Å². The number of hydrogen-bond acceptors (Lipinski definition) is 4. The van der Waals surface area contributed by atoms with E-state index in [9.17, 15) is 14.4 Å². The molecule has 38 heavy (non-hydrogen) atoms. The van der Waals surface area contributed by atoms with Crippen LogP contribution in [0.3, 0.4) is 0 Å². The largest absolute Gasteiger partial charge is 0.467 e. The Bertz CT molecular complexity index is 1520. The van der Waals surface area contributed by atoms with Crippen molar-refractivity contribution >= 4 is 28.6 Å². The molecule has 4 aromatic rings. The monoisotopic (exact) mass is 510 g/mol. The molecule has 2 aliphatic rings. The van der Waals surface area contributed by atoms with Crippen LogP contribution in [0.4, 0.5) is 0 Å². The van der Waals surface area contributed by atoms with Gasteiger partial charge in [0.2, 0.25) is 11.8 Å². The highest BCUT2D eigenvalue weighted by Gasteiger charge is 2.49. The van der Waals surface area contributed by atoms with Crippen LogP contribution in [0.5, 0.6) is 0 Å². The van der Waals surface area contributed by atoms with E-state index in [4.69, 9.17) is 4.42 Å². The van der Waals surface area contributed by atoms with E-state index in [-0.39, 0.29) is 36.2 Å². The summed E-state index contributed by atoms with van der Waals surface area (Å²) in [7, 11) is 0. The number of carbonyl (C=O) groups excluding carboxylic acids is 3. The van der Waals surface area contributed by atoms with Crippen LogP contribution in [-0.4, -0.2) is 39.7 Å². The second-order valence-electron chi connectivity index (χ2n) is 10.5. The Kier molecular flexibility index (Phi) is 6.02. The molecule has 194 valence electrons. The van der Waals surface area contributed by atoms with Crippen molar-refractivity contribution in [2.45, 2.75) is 51.4 Å². The van der Waals surface area contributed by atoms with Gasteiger partial charge in [0.05, 0.1) is 18.8 Å². The molecule has 2 aromatic heterocycles. The van der Waals surface area contributed by atoms with Crippen molar-refractivity contribution in [2.75, 3.05) is 0 Å². The van der Waals surface area contributed by atoms with E-state index in [1.54, 1.807) is 23.3 Å². The van der Waals surface area contributed by atoms with Gasteiger partial charge in [-0.05, 0) is 47.7 Å². The molecular weight excluding hydrogens is 480 g/mol. The van der Waals surface area contributed by atoms with E-state index < -0.39 is 12.1 Å². The summed E-state index contributed by atoms with van der Waals surface area (Å²) in [6, 6.07) is 17.2. The standard InChI is InChI=1S/C30H30N4O4/c1-17(2)14-24(28(35)31-16-18-8-7-13-38-18)33-29(36)25-15-22-19-9-5-6-12-23(19)32-26(22)27-20-10-3-4-11-21(20)30(37)34(25)27/h3-13,17,24-25,27,32H,14-16H2,1-2H3,(H,31,35)(H,33,36)/t24-,25-,27-/m0/s1. The van der Waals surface area contributed by atoms with Crippen LogP contribution in [0.15, 0.2) is 71.3 Å². The predicted octanol–water partition coefficient (Wildman–Crippen LogP) is 4.08. The third-order valence-electron chi connectivity index (χ3n) is 7.51. The fraction of sp³-hybridized carbons (Fsp3) is 0.300. The summed E-state index contributed by atoms with van der Waals surface area (Å²) in [5.74, 6) is 0.0327. The van der Waals surface area contributed by atoms with E-state index in [1.807, 2.05) is 62.4 Å². The molecule has 0 radical (unpaired) electrons. The molecule has 2 aliphatic heterocycles. The number of furan rings is 1. The molecule has 3 amide bonds. The Morgan fingerprint density at radius 3 is 2.66 bits per heavy atom. The number of hydrogen-bond donors (Lipinski definition) is 3. The quantitative estimate of drug-likeness (QED) is 0.348. The molecule has 0 spiro atoms. The van der Waals surface area contributed by atoms with E-state index in [1.165, 1.54) is 0 Å². The number of amides is 3. The number of para-hydroxylation sites is 1. The molecule has 2 aromatic carbocycles. The van der Waals surface area contributed by atoms with Crippen LogP contribution >= 0.6 is 0 Å². The fourth-order valence-corrected chi connectivity index (χ4v) is 5.82. The lowest BCUT2D eigenvalue weighted by Gasteiger charge is -2.37. The van der Waals surface area contributed by atoms with Gasteiger partial charge in [-0.1, -0.05) is 50.2 Å². The van der Waals surface area contributed by atoms with Crippen LogP contribution in [0, 0.1) is 5.92 Å². The van der Waals surface area contributed by atoms with Gasteiger partial charge in [-0.15, -0.1) is 0 Å². The number of nitrogens with zero attached hydrogens (tertiary/aromatic N) is 1. The molecular formula is C30H30N4O4. The zero-order valence-corrected chi connectivity index (χ0v) is 21.4. The van der Waals surface area contributed by atoms with Crippen molar-refractivity contribution in [2.24, 2.45) is 5.92 Å². The predicted molar refractivity (Wildman–Crippen MR) is 142 cm³/mol. The maximum Gasteiger partial charge on any atom is 0.255 e. The normalized spacial score (nSPS) is 18.7. The summed E-state index contributed by atoms with van der Waals surface area (Å²) >= 11 is 0. The van der Waals surface area contributed by atoms with E-state index in [2.05, 4.69) is 15.6 Å². The van der Waals surface area contributed by atoms with Crippen LogP contribution in [0.25, 0.3) is 10.9 Å². The molecule has 6 rings (SSSR count). The van der Waals surface area contributed by atoms with Gasteiger partial charge in [0.25, 0.3) is 5.91 Å². The van der Waals surface area contributed by atoms with Crippen molar-refractivity contribution in [1.82, 2.24) is 20.5 Å². The van der Waals surface area contributed by atoms with Gasteiger partial charge in [0.15, 0.2) is 0 Å². The molecule has 4 heterocycles. The third kappa shape index (κ3) is 4.06. The lowest BCUT2D eigenvalue weighted by atomic mass is 9.89. The Balaban J connectivity index is 1.33. The van der Waals surface area contributed by atoms with Gasteiger partial charge >= 0.3 is 0 Å². The first kappa shape index (κ1) is 24.0. The molecule has 8 heteroatoms. The summed E-state index contributed by atoms with van der Waals surface area (Å²) in [6.45, 7) is 4.25. The number of benzene rings is 2. The summed E-state index contributed by atoms with van der Waals surface area (Å²) in [6.07, 6.45) is 2.39. The molecule has 8 nitrogen and oxygen atoms in total. The smallest absolute Gasteiger partial charge is 0.255 e. The lowest BCUT2D eigenvalue weighted by molar-refractivity contribution is -0.132. The summed E-state index contributed by atoms with van der Waals surface area (Å²) < 4.78 is 5.32. The zero-order chi connectivity index (χ0) is 26.4. The molecule has 0 saturated carbocycles. The minimum absolute atomic E-state index is 0.169. The fourth-order valence-electron chi connectivity index (χ4n) is 5.82. The molecule has 0 fully saturated rings. The number of fused-ring (bicyclic) bond motifs is 7. The van der Waals surface area contributed by atoms with Gasteiger partial charge in [-0.3, -0.25) is 14.4 Å². The SMILES string of the molecule is CC(C)C[C@H](NC(=O)[C@@H]1Cc2c([nH]c3ccccc23)[C@@H]2c3ccccc3C(=O)N21)C(=O)NCc1ccco1. The van der Waals surface area contributed by atoms with Gasteiger partial charge < -0.3 is 24.9 Å². The minimum atomic E-state index is -0.751. The summed E-state index contributed by atoms with van der Waals surface area (Å²) in [4.78, 5) is 45.9. The van der Waals surface area contributed by atoms with E-state index >= 15 is 0 Å². The average molecular weight is 511 g/mol. The first-order chi connectivity index (χ1) is 18.4. The highest BCUT2D eigenvalue weighted by atomic mass is 16.3. The Labute approximate surface area is 220 Å².